The molecule has 1 unspecified atom stereocenters. The van der Waals surface area contributed by atoms with Crippen LogP contribution in [-0.4, -0.2) is 5.54 Å². The second-order valence-electron chi connectivity index (χ2n) is 12.2. The largest absolute Gasteiger partial charge is 0.335 e. The topological polar surface area (TPSA) is 3.24 Å². The standard InChI is InChI=1S/C36H41N/c1-9-25-23-27(26-15-11-10-12-16-26)19-22-32(25)37(35(4,5)6)34-28(24(2)3)20-21-30-29-17-13-14-18-31(29)36(7,8)33(30)34/h10-24H,9H2,1-8H3/i9D. The maximum atomic E-state index is 8.93. The van der Waals surface area contributed by atoms with E-state index < -0.39 is 0 Å². The summed E-state index contributed by atoms with van der Waals surface area (Å²) in [5.74, 6) is 0.361. The Labute approximate surface area is 225 Å². The molecule has 1 atom stereocenters. The van der Waals surface area contributed by atoms with E-state index in [1.807, 2.05) is 6.92 Å². The second-order valence-corrected chi connectivity index (χ2v) is 12.2. The molecular weight excluding hydrogens is 446 g/mol. The highest BCUT2D eigenvalue weighted by Gasteiger charge is 2.41. The van der Waals surface area contributed by atoms with E-state index in [9.17, 15) is 0 Å². The van der Waals surface area contributed by atoms with Crippen LogP contribution in [0.2, 0.25) is 0 Å². The van der Waals surface area contributed by atoms with Crippen LogP contribution in [-0.2, 0) is 11.8 Å². The molecule has 4 aromatic rings. The summed E-state index contributed by atoms with van der Waals surface area (Å²) in [6.07, 6.45) is -0.358. The highest BCUT2D eigenvalue weighted by molar-refractivity contribution is 5.90. The zero-order chi connectivity index (χ0) is 27.4. The third kappa shape index (κ3) is 4.19. The van der Waals surface area contributed by atoms with Crippen molar-refractivity contribution in [2.45, 2.75) is 78.7 Å². The lowest BCUT2D eigenvalue weighted by atomic mass is 9.78. The lowest BCUT2D eigenvalue weighted by Crippen LogP contribution is -2.40. The summed E-state index contributed by atoms with van der Waals surface area (Å²) in [6.45, 7) is 18.2. The summed E-state index contributed by atoms with van der Waals surface area (Å²) < 4.78 is 8.93. The van der Waals surface area contributed by atoms with Crippen molar-refractivity contribution < 1.29 is 1.37 Å². The van der Waals surface area contributed by atoms with Gasteiger partial charge in [0.05, 0.1) is 0 Å². The first-order valence-electron chi connectivity index (χ1n) is 14.2. The van der Waals surface area contributed by atoms with Crippen molar-refractivity contribution in [1.29, 1.82) is 0 Å². The molecule has 0 saturated heterocycles. The Kier molecular flexibility index (Phi) is 5.98. The first kappa shape index (κ1) is 24.0. The molecule has 0 spiro atoms. The molecule has 190 valence electrons. The molecule has 0 saturated carbocycles. The van der Waals surface area contributed by atoms with Gasteiger partial charge in [0.1, 0.15) is 0 Å². The maximum absolute atomic E-state index is 8.93. The van der Waals surface area contributed by atoms with Gasteiger partial charge in [-0.15, -0.1) is 0 Å². The van der Waals surface area contributed by atoms with Crippen molar-refractivity contribution in [3.8, 4) is 22.3 Å². The minimum absolute atomic E-state index is 0.133. The average molecular weight is 489 g/mol. The molecule has 0 aromatic heterocycles. The number of anilines is 2. The van der Waals surface area contributed by atoms with E-state index in [-0.39, 0.29) is 17.4 Å². The fraction of sp³-hybridized carbons (Fsp3) is 0.333. The lowest BCUT2D eigenvalue weighted by molar-refractivity contribution is 0.548. The van der Waals surface area contributed by atoms with E-state index in [4.69, 9.17) is 1.37 Å². The van der Waals surface area contributed by atoms with Crippen molar-refractivity contribution in [2.24, 2.45) is 0 Å². The van der Waals surface area contributed by atoms with Crippen LogP contribution in [0, 0.1) is 0 Å². The van der Waals surface area contributed by atoms with Crippen LogP contribution < -0.4 is 4.90 Å². The third-order valence-corrected chi connectivity index (χ3v) is 7.93. The van der Waals surface area contributed by atoms with Crippen molar-refractivity contribution in [3.63, 3.8) is 0 Å². The molecule has 1 aliphatic rings. The SMILES string of the molecule is [2H]C(C)c1cc(-c2ccccc2)ccc1N(c1c(C(C)C)ccc2c1C(C)(C)c1ccccc1-2)C(C)(C)C. The Morgan fingerprint density at radius 1 is 0.811 bits per heavy atom. The normalized spacial score (nSPS) is 15.2. The van der Waals surface area contributed by atoms with Gasteiger partial charge in [-0.2, -0.15) is 0 Å². The smallest absolute Gasteiger partial charge is 0.0498 e. The fourth-order valence-corrected chi connectivity index (χ4v) is 6.19. The number of nitrogens with zero attached hydrogens (tertiary/aromatic N) is 1. The van der Waals surface area contributed by atoms with Crippen molar-refractivity contribution in [3.05, 3.63) is 107 Å². The molecular formula is C36H41N. The van der Waals surface area contributed by atoms with E-state index >= 15 is 0 Å². The molecule has 0 aliphatic heterocycles. The van der Waals surface area contributed by atoms with Crippen LogP contribution >= 0.6 is 0 Å². The number of benzene rings is 4. The Balaban J connectivity index is 1.83. The van der Waals surface area contributed by atoms with Gasteiger partial charge in [0.2, 0.25) is 0 Å². The first-order chi connectivity index (χ1) is 17.9. The number of rotatable bonds is 5. The lowest BCUT2D eigenvalue weighted by Gasteiger charge is -2.43. The van der Waals surface area contributed by atoms with E-state index in [1.165, 1.54) is 39.1 Å². The summed E-state index contributed by atoms with van der Waals surface area (Å²) in [5.41, 5.74) is 12.3. The highest BCUT2D eigenvalue weighted by Crippen LogP contribution is 2.56. The first-order valence-corrected chi connectivity index (χ1v) is 13.6. The van der Waals surface area contributed by atoms with Gasteiger partial charge >= 0.3 is 0 Å². The van der Waals surface area contributed by atoms with Gasteiger partial charge in [-0.3, -0.25) is 0 Å². The Hall–Kier alpha value is -3.32. The van der Waals surface area contributed by atoms with Gasteiger partial charge < -0.3 is 4.90 Å². The number of fused-ring (bicyclic) bond motifs is 3. The number of hydrogen-bond acceptors (Lipinski definition) is 1. The molecule has 1 aliphatic carbocycles. The van der Waals surface area contributed by atoms with Gasteiger partial charge in [0, 0.05) is 23.7 Å². The summed E-state index contributed by atoms with van der Waals surface area (Å²) >= 11 is 0. The molecule has 0 heterocycles. The van der Waals surface area contributed by atoms with Crippen molar-refractivity contribution >= 4 is 11.4 Å². The molecule has 37 heavy (non-hydrogen) atoms. The van der Waals surface area contributed by atoms with Gasteiger partial charge in [-0.05, 0) is 89.7 Å². The van der Waals surface area contributed by atoms with Gasteiger partial charge in [0.15, 0.2) is 0 Å². The molecule has 5 rings (SSSR count). The minimum atomic E-state index is -0.358. The zero-order valence-electron chi connectivity index (χ0n) is 24.7. The van der Waals surface area contributed by atoms with E-state index in [2.05, 4.69) is 138 Å². The quantitative estimate of drug-likeness (QED) is 0.270. The fourth-order valence-electron chi connectivity index (χ4n) is 6.19. The second kappa shape index (κ2) is 9.21. The van der Waals surface area contributed by atoms with Crippen LogP contribution in [0.25, 0.3) is 22.3 Å². The molecule has 4 aromatic carbocycles. The maximum Gasteiger partial charge on any atom is 0.0498 e. The van der Waals surface area contributed by atoms with Crippen LogP contribution in [0.5, 0.6) is 0 Å². The summed E-state index contributed by atoms with van der Waals surface area (Å²) in [6, 6.07) is 30.8. The average Bonchev–Trinajstić information content (AvgIpc) is 3.11. The molecule has 0 bridgehead atoms. The predicted molar refractivity (Wildman–Crippen MR) is 161 cm³/mol. The number of hydrogen-bond donors (Lipinski definition) is 0. The Morgan fingerprint density at radius 2 is 1.49 bits per heavy atom. The molecule has 1 nitrogen and oxygen atoms in total. The molecule has 0 N–H and O–H groups in total. The van der Waals surface area contributed by atoms with Crippen molar-refractivity contribution in [2.75, 3.05) is 4.90 Å². The van der Waals surface area contributed by atoms with Gasteiger partial charge in [-0.25, -0.2) is 0 Å². The van der Waals surface area contributed by atoms with Crippen LogP contribution in [0.4, 0.5) is 11.4 Å². The monoisotopic (exact) mass is 488 g/mol. The molecule has 0 fully saturated rings. The van der Waals surface area contributed by atoms with Crippen LogP contribution in [0.1, 0.15) is 84.9 Å². The summed E-state index contributed by atoms with van der Waals surface area (Å²) in [5, 5.41) is 0. The Bertz CT molecular complexity index is 1470. The highest BCUT2D eigenvalue weighted by atomic mass is 15.2. The molecule has 0 amide bonds. The predicted octanol–water partition coefficient (Wildman–Crippen LogP) is 10.3. The van der Waals surface area contributed by atoms with Crippen LogP contribution in [0.3, 0.4) is 0 Å². The van der Waals surface area contributed by atoms with E-state index in [0.29, 0.717) is 5.92 Å². The molecule has 1 heteroatoms. The van der Waals surface area contributed by atoms with Crippen molar-refractivity contribution in [1.82, 2.24) is 0 Å². The zero-order valence-corrected chi connectivity index (χ0v) is 23.7. The third-order valence-electron chi connectivity index (χ3n) is 7.93. The summed E-state index contributed by atoms with van der Waals surface area (Å²) in [7, 11) is 0. The van der Waals surface area contributed by atoms with Gasteiger partial charge in [0.25, 0.3) is 0 Å². The van der Waals surface area contributed by atoms with E-state index in [1.54, 1.807) is 0 Å². The van der Waals surface area contributed by atoms with Crippen LogP contribution in [0.15, 0.2) is 84.9 Å². The molecule has 0 radical (unpaired) electrons. The number of aryl methyl sites for hydroxylation is 1. The van der Waals surface area contributed by atoms with Gasteiger partial charge in [-0.1, -0.05) is 107 Å². The summed E-state index contributed by atoms with van der Waals surface area (Å²) in [4.78, 5) is 2.55. The minimum Gasteiger partial charge on any atom is -0.335 e. The Morgan fingerprint density at radius 3 is 2.14 bits per heavy atom. The van der Waals surface area contributed by atoms with E-state index in [0.717, 1.165) is 16.8 Å².